The predicted octanol–water partition coefficient (Wildman–Crippen LogP) is 7.05. The largest absolute Gasteiger partial charge is 0.263 e. The Labute approximate surface area is 137 Å². The lowest BCUT2D eigenvalue weighted by Gasteiger charge is -2.11. The number of hydrogen-bond donors (Lipinski definition) is 0. The minimum Gasteiger partial charge on any atom is -0.263 e. The van der Waals surface area contributed by atoms with E-state index in [1.807, 2.05) is 12.4 Å². The SMILES string of the molecule is CCC/C=C(\CCC)c1cncc(/C(=C/CCC)CCC)c1. The summed E-state index contributed by atoms with van der Waals surface area (Å²) in [5.41, 5.74) is 5.55. The third-order valence-electron chi connectivity index (χ3n) is 3.88. The van der Waals surface area contributed by atoms with Crippen molar-refractivity contribution in [3.63, 3.8) is 0 Å². The third-order valence-corrected chi connectivity index (χ3v) is 3.88. The van der Waals surface area contributed by atoms with Crippen LogP contribution >= 0.6 is 0 Å². The van der Waals surface area contributed by atoms with Crippen LogP contribution < -0.4 is 0 Å². The van der Waals surface area contributed by atoms with Crippen molar-refractivity contribution in [2.24, 2.45) is 0 Å². The fourth-order valence-corrected chi connectivity index (χ4v) is 2.70. The Kier molecular flexibility index (Phi) is 9.54. The van der Waals surface area contributed by atoms with Crippen molar-refractivity contribution in [1.82, 2.24) is 4.98 Å². The van der Waals surface area contributed by atoms with Crippen molar-refractivity contribution >= 4 is 11.1 Å². The van der Waals surface area contributed by atoms with Crippen molar-refractivity contribution in [3.8, 4) is 0 Å². The summed E-state index contributed by atoms with van der Waals surface area (Å²) in [5, 5.41) is 0. The van der Waals surface area contributed by atoms with Gasteiger partial charge in [-0.3, -0.25) is 4.98 Å². The van der Waals surface area contributed by atoms with Gasteiger partial charge in [0.1, 0.15) is 0 Å². The van der Waals surface area contributed by atoms with Gasteiger partial charge in [0, 0.05) is 12.4 Å². The highest BCUT2D eigenvalue weighted by Gasteiger charge is 2.06. The first-order valence-electron chi connectivity index (χ1n) is 9.10. The van der Waals surface area contributed by atoms with E-state index >= 15 is 0 Å². The van der Waals surface area contributed by atoms with Crippen LogP contribution in [0.1, 0.15) is 90.2 Å². The highest BCUT2D eigenvalue weighted by molar-refractivity contribution is 5.71. The molecule has 0 radical (unpaired) electrons. The molecule has 1 aromatic rings. The van der Waals surface area contributed by atoms with Gasteiger partial charge in [0.15, 0.2) is 0 Å². The van der Waals surface area contributed by atoms with E-state index in [9.17, 15) is 0 Å². The minimum atomic E-state index is 1.15. The van der Waals surface area contributed by atoms with Gasteiger partial charge in [-0.2, -0.15) is 0 Å². The zero-order chi connectivity index (χ0) is 16.2. The second-order valence-corrected chi connectivity index (χ2v) is 6.00. The maximum absolute atomic E-state index is 4.53. The van der Waals surface area contributed by atoms with E-state index in [1.165, 1.54) is 48.0 Å². The molecule has 1 rings (SSSR count). The molecule has 0 atom stereocenters. The van der Waals surface area contributed by atoms with E-state index in [4.69, 9.17) is 0 Å². The Morgan fingerprint density at radius 1 is 0.773 bits per heavy atom. The highest BCUT2D eigenvalue weighted by Crippen LogP contribution is 2.26. The average molecular weight is 300 g/mol. The minimum absolute atomic E-state index is 1.15. The van der Waals surface area contributed by atoms with Crippen molar-refractivity contribution in [2.75, 3.05) is 0 Å². The summed E-state index contributed by atoms with van der Waals surface area (Å²) < 4.78 is 0. The molecule has 0 aromatic carbocycles. The number of aromatic nitrogens is 1. The molecule has 0 spiro atoms. The summed E-state index contributed by atoms with van der Waals surface area (Å²) in [6.45, 7) is 8.98. The molecule has 0 aliphatic heterocycles. The van der Waals surface area contributed by atoms with Crippen molar-refractivity contribution in [1.29, 1.82) is 0 Å². The van der Waals surface area contributed by atoms with E-state index in [-0.39, 0.29) is 0 Å². The summed E-state index contributed by atoms with van der Waals surface area (Å²) in [7, 11) is 0. The van der Waals surface area contributed by atoms with Gasteiger partial charge < -0.3 is 0 Å². The zero-order valence-electron chi connectivity index (χ0n) is 15.0. The lowest BCUT2D eigenvalue weighted by Crippen LogP contribution is -1.92. The molecule has 0 unspecified atom stereocenters. The number of nitrogens with zero attached hydrogens (tertiary/aromatic N) is 1. The molecule has 0 aliphatic carbocycles. The quantitative estimate of drug-likeness (QED) is 0.451. The van der Waals surface area contributed by atoms with Crippen LogP contribution in [0.4, 0.5) is 0 Å². The number of allylic oxidation sites excluding steroid dienone is 4. The maximum atomic E-state index is 4.53. The molecular weight excluding hydrogens is 266 g/mol. The van der Waals surface area contributed by atoms with Crippen LogP contribution in [-0.4, -0.2) is 4.98 Å². The third kappa shape index (κ3) is 6.17. The Hall–Kier alpha value is -1.37. The zero-order valence-corrected chi connectivity index (χ0v) is 15.0. The molecule has 0 bridgehead atoms. The van der Waals surface area contributed by atoms with Crippen molar-refractivity contribution < 1.29 is 0 Å². The molecule has 0 N–H and O–H groups in total. The van der Waals surface area contributed by atoms with Crippen LogP contribution in [0.3, 0.4) is 0 Å². The maximum Gasteiger partial charge on any atom is 0.0343 e. The molecule has 122 valence electrons. The van der Waals surface area contributed by atoms with Gasteiger partial charge in [0.05, 0.1) is 0 Å². The van der Waals surface area contributed by atoms with Crippen LogP contribution in [0.5, 0.6) is 0 Å². The first kappa shape index (κ1) is 18.7. The molecule has 1 nitrogen and oxygen atoms in total. The number of unbranched alkanes of at least 4 members (excludes halogenated alkanes) is 2. The Balaban J connectivity index is 3.08. The average Bonchev–Trinajstić information content (AvgIpc) is 2.55. The van der Waals surface area contributed by atoms with Gasteiger partial charge in [-0.05, 0) is 54.0 Å². The van der Waals surface area contributed by atoms with E-state index in [2.05, 4.69) is 50.9 Å². The first-order chi connectivity index (χ1) is 10.8. The lowest BCUT2D eigenvalue weighted by atomic mass is 9.96. The van der Waals surface area contributed by atoms with Gasteiger partial charge in [-0.15, -0.1) is 0 Å². The van der Waals surface area contributed by atoms with Gasteiger partial charge in [0.2, 0.25) is 0 Å². The van der Waals surface area contributed by atoms with E-state index in [1.54, 1.807) is 0 Å². The number of hydrogen-bond acceptors (Lipinski definition) is 1. The molecule has 0 saturated heterocycles. The molecule has 1 heterocycles. The van der Waals surface area contributed by atoms with Crippen LogP contribution in [-0.2, 0) is 0 Å². The second-order valence-electron chi connectivity index (χ2n) is 6.00. The summed E-state index contributed by atoms with van der Waals surface area (Å²) in [6, 6.07) is 2.35. The van der Waals surface area contributed by atoms with Crippen LogP contribution in [0.25, 0.3) is 11.1 Å². The predicted molar refractivity (Wildman–Crippen MR) is 99.8 cm³/mol. The van der Waals surface area contributed by atoms with Gasteiger partial charge >= 0.3 is 0 Å². The standard InChI is InChI=1S/C21H33N/c1-5-9-13-18(11-7-3)20-15-21(17-22-16-20)19(12-8-4)14-10-6-2/h13-17H,5-12H2,1-4H3/b18-13+,19-14+. The second kappa shape index (κ2) is 11.2. The normalized spacial score (nSPS) is 12.7. The topological polar surface area (TPSA) is 12.9 Å². The highest BCUT2D eigenvalue weighted by atomic mass is 14.6. The van der Waals surface area contributed by atoms with Gasteiger partial charge in [0.25, 0.3) is 0 Å². The monoisotopic (exact) mass is 299 g/mol. The molecule has 22 heavy (non-hydrogen) atoms. The van der Waals surface area contributed by atoms with E-state index in [0.717, 1.165) is 25.7 Å². The molecule has 1 aromatic heterocycles. The molecule has 1 heteroatoms. The molecule has 0 aliphatic rings. The van der Waals surface area contributed by atoms with E-state index < -0.39 is 0 Å². The van der Waals surface area contributed by atoms with Crippen LogP contribution in [0.15, 0.2) is 30.6 Å². The smallest absolute Gasteiger partial charge is 0.0343 e. The summed E-state index contributed by atoms with van der Waals surface area (Å²) in [6.07, 6.45) is 18.3. The number of rotatable bonds is 10. The van der Waals surface area contributed by atoms with E-state index in [0.29, 0.717) is 0 Å². The fourth-order valence-electron chi connectivity index (χ4n) is 2.70. The molecular formula is C21H33N. The lowest BCUT2D eigenvalue weighted by molar-refractivity contribution is 0.928. The fraction of sp³-hybridized carbons (Fsp3) is 0.571. The molecule has 0 fully saturated rings. The number of pyridine rings is 1. The summed E-state index contributed by atoms with van der Waals surface area (Å²) in [4.78, 5) is 4.53. The van der Waals surface area contributed by atoms with Crippen LogP contribution in [0, 0.1) is 0 Å². The first-order valence-corrected chi connectivity index (χ1v) is 9.10. The summed E-state index contributed by atoms with van der Waals surface area (Å²) in [5.74, 6) is 0. The Morgan fingerprint density at radius 2 is 1.23 bits per heavy atom. The van der Waals surface area contributed by atoms with Crippen molar-refractivity contribution in [3.05, 3.63) is 41.7 Å². The Morgan fingerprint density at radius 3 is 1.59 bits per heavy atom. The molecule has 0 saturated carbocycles. The van der Waals surface area contributed by atoms with Gasteiger partial charge in [-0.25, -0.2) is 0 Å². The molecule has 0 amide bonds. The van der Waals surface area contributed by atoms with Crippen molar-refractivity contribution in [2.45, 2.75) is 79.1 Å². The summed E-state index contributed by atoms with van der Waals surface area (Å²) >= 11 is 0. The van der Waals surface area contributed by atoms with Gasteiger partial charge in [-0.1, -0.05) is 65.5 Å². The Bertz CT molecular complexity index is 441. The van der Waals surface area contributed by atoms with Crippen LogP contribution in [0.2, 0.25) is 0 Å².